The van der Waals surface area contributed by atoms with Crippen molar-refractivity contribution in [3.63, 3.8) is 0 Å². The van der Waals surface area contributed by atoms with Crippen molar-refractivity contribution >= 4 is 11.3 Å². The highest BCUT2D eigenvalue weighted by Crippen LogP contribution is 2.33. The van der Waals surface area contributed by atoms with Gasteiger partial charge in [-0.2, -0.15) is 0 Å². The standard InChI is InChI=1S/C14H23NS/c1-2-12-5-3-8-14(15,9-7-12)11-13-6-4-10-16-13/h4,6,10,12H,2-3,5,7-9,11,15H2,1H3. The van der Waals surface area contributed by atoms with Gasteiger partial charge in [0.2, 0.25) is 0 Å². The van der Waals surface area contributed by atoms with Gasteiger partial charge < -0.3 is 5.73 Å². The third-order valence-corrected chi connectivity index (χ3v) is 4.90. The van der Waals surface area contributed by atoms with Crippen molar-refractivity contribution in [2.75, 3.05) is 0 Å². The van der Waals surface area contributed by atoms with Crippen molar-refractivity contribution < 1.29 is 0 Å². The Bertz CT molecular complexity index is 307. The molecule has 90 valence electrons. The van der Waals surface area contributed by atoms with Crippen molar-refractivity contribution in [2.24, 2.45) is 11.7 Å². The number of thiophene rings is 1. The maximum absolute atomic E-state index is 6.57. The van der Waals surface area contributed by atoms with Crippen molar-refractivity contribution in [2.45, 2.75) is 57.4 Å². The van der Waals surface area contributed by atoms with Gasteiger partial charge in [-0.05, 0) is 43.0 Å². The first-order valence-electron chi connectivity index (χ1n) is 6.53. The maximum atomic E-state index is 6.57. The van der Waals surface area contributed by atoms with E-state index in [9.17, 15) is 0 Å². The van der Waals surface area contributed by atoms with Crippen LogP contribution < -0.4 is 5.73 Å². The van der Waals surface area contributed by atoms with Crippen molar-refractivity contribution in [1.82, 2.24) is 0 Å². The van der Waals surface area contributed by atoms with E-state index in [0.29, 0.717) is 0 Å². The van der Waals surface area contributed by atoms with E-state index in [1.165, 1.54) is 43.4 Å². The number of nitrogens with two attached hydrogens (primary N) is 1. The largest absolute Gasteiger partial charge is 0.325 e. The highest BCUT2D eigenvalue weighted by molar-refractivity contribution is 7.09. The van der Waals surface area contributed by atoms with Crippen molar-refractivity contribution in [1.29, 1.82) is 0 Å². The van der Waals surface area contributed by atoms with Gasteiger partial charge in [0.1, 0.15) is 0 Å². The van der Waals surface area contributed by atoms with Crippen LogP contribution in [0.4, 0.5) is 0 Å². The molecule has 1 fully saturated rings. The number of hydrogen-bond acceptors (Lipinski definition) is 2. The van der Waals surface area contributed by atoms with Crippen LogP contribution in [0.25, 0.3) is 0 Å². The lowest BCUT2D eigenvalue weighted by atomic mass is 9.87. The fourth-order valence-corrected chi connectivity index (χ4v) is 3.71. The molecule has 2 heteroatoms. The second-order valence-electron chi connectivity index (χ2n) is 5.32. The summed E-state index contributed by atoms with van der Waals surface area (Å²) < 4.78 is 0. The molecular weight excluding hydrogens is 214 g/mol. The average Bonchev–Trinajstić information content (AvgIpc) is 2.68. The van der Waals surface area contributed by atoms with Crippen LogP contribution in [0.3, 0.4) is 0 Å². The van der Waals surface area contributed by atoms with Gasteiger partial charge in [-0.1, -0.05) is 32.3 Å². The van der Waals surface area contributed by atoms with Crippen LogP contribution in [0, 0.1) is 5.92 Å². The molecule has 0 bridgehead atoms. The first-order valence-corrected chi connectivity index (χ1v) is 7.41. The van der Waals surface area contributed by atoms with Crippen molar-refractivity contribution in [3.8, 4) is 0 Å². The van der Waals surface area contributed by atoms with E-state index in [1.54, 1.807) is 0 Å². The van der Waals surface area contributed by atoms with Crippen LogP contribution in [0.15, 0.2) is 17.5 Å². The second-order valence-corrected chi connectivity index (χ2v) is 6.36. The van der Waals surface area contributed by atoms with E-state index in [2.05, 4.69) is 24.4 Å². The molecule has 16 heavy (non-hydrogen) atoms. The molecule has 2 N–H and O–H groups in total. The molecule has 1 aliphatic rings. The smallest absolute Gasteiger partial charge is 0.0203 e. The zero-order valence-electron chi connectivity index (χ0n) is 10.2. The molecule has 0 aliphatic heterocycles. The summed E-state index contributed by atoms with van der Waals surface area (Å²) in [5.74, 6) is 0.925. The van der Waals surface area contributed by atoms with E-state index < -0.39 is 0 Å². The Morgan fingerprint density at radius 2 is 2.31 bits per heavy atom. The maximum Gasteiger partial charge on any atom is 0.0203 e. The molecule has 0 aromatic carbocycles. The van der Waals surface area contributed by atoms with Crippen LogP contribution >= 0.6 is 11.3 Å². The first kappa shape index (κ1) is 12.1. The summed E-state index contributed by atoms with van der Waals surface area (Å²) in [4.78, 5) is 1.46. The molecule has 1 nitrogen and oxygen atoms in total. The van der Waals surface area contributed by atoms with E-state index in [0.717, 1.165) is 12.3 Å². The predicted octanol–water partition coefficient (Wildman–Crippen LogP) is 3.98. The molecule has 1 aliphatic carbocycles. The summed E-state index contributed by atoms with van der Waals surface area (Å²) in [5.41, 5.74) is 6.65. The Balaban J connectivity index is 1.96. The summed E-state index contributed by atoms with van der Waals surface area (Å²) in [6.45, 7) is 2.31. The van der Waals surface area contributed by atoms with E-state index >= 15 is 0 Å². The molecule has 2 atom stereocenters. The van der Waals surface area contributed by atoms with Gasteiger partial charge in [0.15, 0.2) is 0 Å². The van der Waals surface area contributed by atoms with Gasteiger partial charge in [-0.3, -0.25) is 0 Å². The minimum atomic E-state index is 0.0781. The van der Waals surface area contributed by atoms with Crippen molar-refractivity contribution in [3.05, 3.63) is 22.4 Å². The van der Waals surface area contributed by atoms with Crippen LogP contribution in [0.2, 0.25) is 0 Å². The number of hydrogen-bond donors (Lipinski definition) is 1. The molecule has 0 spiro atoms. The molecule has 1 saturated carbocycles. The van der Waals surface area contributed by atoms with Crippen LogP contribution in [0.1, 0.15) is 50.3 Å². The lowest BCUT2D eigenvalue weighted by molar-refractivity contribution is 0.360. The Morgan fingerprint density at radius 3 is 3.00 bits per heavy atom. The molecule has 2 rings (SSSR count). The third kappa shape index (κ3) is 3.08. The zero-order chi connectivity index (χ0) is 11.4. The summed E-state index contributed by atoms with van der Waals surface area (Å²) in [7, 11) is 0. The summed E-state index contributed by atoms with van der Waals surface area (Å²) in [6.07, 6.45) is 8.87. The topological polar surface area (TPSA) is 26.0 Å². The minimum absolute atomic E-state index is 0.0781. The highest BCUT2D eigenvalue weighted by atomic mass is 32.1. The summed E-state index contributed by atoms with van der Waals surface area (Å²) >= 11 is 1.85. The lowest BCUT2D eigenvalue weighted by Crippen LogP contribution is -2.41. The highest BCUT2D eigenvalue weighted by Gasteiger charge is 2.29. The quantitative estimate of drug-likeness (QED) is 0.791. The number of rotatable bonds is 3. The first-order chi connectivity index (χ1) is 7.72. The van der Waals surface area contributed by atoms with Crippen LogP contribution in [-0.2, 0) is 6.42 Å². The fraction of sp³-hybridized carbons (Fsp3) is 0.714. The Morgan fingerprint density at radius 1 is 1.44 bits per heavy atom. The van der Waals surface area contributed by atoms with E-state index in [4.69, 9.17) is 5.73 Å². The molecule has 1 aromatic rings. The Hall–Kier alpha value is -0.340. The zero-order valence-corrected chi connectivity index (χ0v) is 11.1. The van der Waals surface area contributed by atoms with Gasteiger partial charge >= 0.3 is 0 Å². The fourth-order valence-electron chi connectivity index (χ4n) is 2.85. The molecule has 1 aromatic heterocycles. The van der Waals surface area contributed by atoms with E-state index in [1.807, 2.05) is 11.3 Å². The van der Waals surface area contributed by atoms with E-state index in [-0.39, 0.29) is 5.54 Å². The monoisotopic (exact) mass is 237 g/mol. The van der Waals surface area contributed by atoms with Gasteiger partial charge in [0.05, 0.1) is 0 Å². The molecule has 0 amide bonds. The lowest BCUT2D eigenvalue weighted by Gasteiger charge is -2.27. The Labute approximate surface area is 103 Å². The van der Waals surface area contributed by atoms with Crippen LogP contribution in [0.5, 0.6) is 0 Å². The van der Waals surface area contributed by atoms with Gasteiger partial charge in [0, 0.05) is 10.4 Å². The van der Waals surface area contributed by atoms with Gasteiger partial charge in [-0.25, -0.2) is 0 Å². The molecule has 0 radical (unpaired) electrons. The predicted molar refractivity (Wildman–Crippen MR) is 71.8 cm³/mol. The SMILES string of the molecule is CCC1CCCC(N)(Cc2cccs2)CC1. The summed E-state index contributed by atoms with van der Waals surface area (Å²) in [5, 5.41) is 2.16. The normalized spacial score (nSPS) is 31.2. The van der Waals surface area contributed by atoms with Gasteiger partial charge in [-0.15, -0.1) is 11.3 Å². The molecule has 2 unspecified atom stereocenters. The van der Waals surface area contributed by atoms with Gasteiger partial charge in [0.25, 0.3) is 0 Å². The Kier molecular flexibility index (Phi) is 4.04. The average molecular weight is 237 g/mol. The second kappa shape index (κ2) is 5.33. The van der Waals surface area contributed by atoms with Crippen LogP contribution in [-0.4, -0.2) is 5.54 Å². The third-order valence-electron chi connectivity index (χ3n) is 4.02. The molecular formula is C14H23NS. The summed E-state index contributed by atoms with van der Waals surface area (Å²) in [6, 6.07) is 4.36. The minimum Gasteiger partial charge on any atom is -0.325 e. The molecule has 0 saturated heterocycles. The molecule has 1 heterocycles.